The van der Waals surface area contributed by atoms with E-state index in [4.69, 9.17) is 4.74 Å². The second-order valence-corrected chi connectivity index (χ2v) is 5.81. The molecule has 2 saturated carbocycles. The van der Waals surface area contributed by atoms with Crippen molar-refractivity contribution in [1.29, 1.82) is 0 Å². The molecule has 0 amide bonds. The first kappa shape index (κ1) is 11.2. The van der Waals surface area contributed by atoms with Crippen molar-refractivity contribution in [3.05, 3.63) is 35.4 Å². The number of hydrogen-bond acceptors (Lipinski definition) is 2. The second-order valence-electron chi connectivity index (χ2n) is 5.81. The maximum atomic E-state index is 9.97. The van der Waals surface area contributed by atoms with Gasteiger partial charge in [0.15, 0.2) is 0 Å². The molecule has 0 spiro atoms. The van der Waals surface area contributed by atoms with Crippen molar-refractivity contribution < 1.29 is 9.84 Å². The minimum absolute atomic E-state index is 0.275. The van der Waals surface area contributed by atoms with E-state index in [0.29, 0.717) is 0 Å². The molecule has 2 aliphatic carbocycles. The summed E-state index contributed by atoms with van der Waals surface area (Å²) in [5.74, 6) is 0. The number of benzene rings is 1. The van der Waals surface area contributed by atoms with E-state index in [1.807, 2.05) is 0 Å². The molecule has 0 heterocycles. The molecule has 1 aromatic carbocycles. The molecule has 1 aromatic rings. The van der Waals surface area contributed by atoms with Gasteiger partial charge in [-0.1, -0.05) is 24.3 Å². The number of rotatable bonds is 5. The lowest BCUT2D eigenvalue weighted by atomic mass is 9.93. The minimum Gasteiger partial charge on any atom is -0.390 e. The zero-order valence-electron chi connectivity index (χ0n) is 10.4. The van der Waals surface area contributed by atoms with Gasteiger partial charge in [-0.05, 0) is 36.8 Å². The molecule has 0 saturated heterocycles. The first-order valence-electron chi connectivity index (χ1n) is 6.47. The molecule has 0 unspecified atom stereocenters. The summed E-state index contributed by atoms with van der Waals surface area (Å²) < 4.78 is 5.33. The molecule has 2 nitrogen and oxygen atoms in total. The number of methoxy groups -OCH3 is 1. The zero-order valence-corrected chi connectivity index (χ0v) is 10.4. The molecule has 1 N–H and O–H groups in total. The average Bonchev–Trinajstić information content (AvgIpc) is 3.20. The fraction of sp³-hybridized carbons (Fsp3) is 0.600. The molecule has 17 heavy (non-hydrogen) atoms. The van der Waals surface area contributed by atoms with Crippen molar-refractivity contribution in [3.8, 4) is 0 Å². The van der Waals surface area contributed by atoms with Crippen molar-refractivity contribution in [1.82, 2.24) is 0 Å². The van der Waals surface area contributed by atoms with E-state index in [9.17, 15) is 5.11 Å². The highest BCUT2D eigenvalue weighted by molar-refractivity contribution is 5.35. The van der Waals surface area contributed by atoms with Crippen molar-refractivity contribution >= 4 is 0 Å². The lowest BCUT2D eigenvalue weighted by molar-refractivity contribution is 0.151. The van der Waals surface area contributed by atoms with Gasteiger partial charge in [0, 0.05) is 18.9 Å². The summed E-state index contributed by atoms with van der Waals surface area (Å²) >= 11 is 0. The number of hydrogen-bond donors (Lipinski definition) is 1. The zero-order chi connectivity index (χ0) is 11.9. The largest absolute Gasteiger partial charge is 0.390 e. The molecule has 92 valence electrons. The molecular formula is C15H20O2. The van der Waals surface area contributed by atoms with Gasteiger partial charge in [0.25, 0.3) is 0 Å². The Morgan fingerprint density at radius 1 is 1.24 bits per heavy atom. The maximum absolute atomic E-state index is 9.97. The Bertz CT molecular complexity index is 417. The highest BCUT2D eigenvalue weighted by Gasteiger charge is 2.45. The summed E-state index contributed by atoms with van der Waals surface area (Å²) in [6.07, 6.45) is 5.19. The summed E-state index contributed by atoms with van der Waals surface area (Å²) in [5.41, 5.74) is 2.54. The van der Waals surface area contributed by atoms with E-state index < -0.39 is 5.60 Å². The predicted octanol–water partition coefficient (Wildman–Crippen LogP) is 2.43. The molecule has 0 bridgehead atoms. The number of aliphatic hydroxyl groups is 1. The Morgan fingerprint density at radius 2 is 2.00 bits per heavy atom. The van der Waals surface area contributed by atoms with Gasteiger partial charge in [-0.15, -0.1) is 0 Å². The Labute approximate surface area is 103 Å². The third kappa shape index (κ3) is 2.24. The van der Waals surface area contributed by atoms with Crippen LogP contribution in [0.2, 0.25) is 0 Å². The Kier molecular flexibility index (Phi) is 2.53. The predicted molar refractivity (Wildman–Crippen MR) is 67.1 cm³/mol. The van der Waals surface area contributed by atoms with Gasteiger partial charge in [-0.2, -0.15) is 0 Å². The highest BCUT2D eigenvalue weighted by atomic mass is 16.5. The molecule has 2 aliphatic rings. The van der Waals surface area contributed by atoms with Crippen molar-refractivity contribution in [2.75, 3.05) is 13.7 Å². The van der Waals surface area contributed by atoms with Crippen LogP contribution in [0, 0.1) is 0 Å². The standard InChI is InChI=1S/C15H20O2/c1-17-11-14(5-6-14)13-4-2-3-12(9-13)10-15(16)7-8-15/h2-4,9,16H,5-8,10-11H2,1H3. The van der Waals surface area contributed by atoms with Crippen molar-refractivity contribution in [2.24, 2.45) is 0 Å². The summed E-state index contributed by atoms with van der Waals surface area (Å²) in [4.78, 5) is 0. The smallest absolute Gasteiger partial charge is 0.0690 e. The normalized spacial score (nSPS) is 23.4. The van der Waals surface area contributed by atoms with E-state index in [2.05, 4.69) is 24.3 Å². The Balaban J connectivity index is 1.79. The van der Waals surface area contributed by atoms with Gasteiger partial charge in [0.1, 0.15) is 0 Å². The molecule has 0 aliphatic heterocycles. The van der Waals surface area contributed by atoms with Crippen LogP contribution in [-0.2, 0) is 16.6 Å². The van der Waals surface area contributed by atoms with Crippen LogP contribution in [0.1, 0.15) is 36.8 Å². The lowest BCUT2D eigenvalue weighted by Crippen LogP contribution is -2.15. The first-order valence-corrected chi connectivity index (χ1v) is 6.47. The third-order valence-corrected chi connectivity index (χ3v) is 4.17. The first-order chi connectivity index (χ1) is 8.16. The lowest BCUT2D eigenvalue weighted by Gasteiger charge is -2.16. The summed E-state index contributed by atoms with van der Waals surface area (Å²) in [5, 5.41) is 9.97. The quantitative estimate of drug-likeness (QED) is 0.845. The SMILES string of the molecule is COCC1(c2cccc(CC3(O)CC3)c2)CC1. The van der Waals surface area contributed by atoms with E-state index in [0.717, 1.165) is 25.9 Å². The van der Waals surface area contributed by atoms with Crippen molar-refractivity contribution in [2.45, 2.75) is 43.1 Å². The van der Waals surface area contributed by atoms with Crippen molar-refractivity contribution in [3.63, 3.8) is 0 Å². The van der Waals surface area contributed by atoms with Crippen LogP contribution in [0.25, 0.3) is 0 Å². The van der Waals surface area contributed by atoms with Gasteiger partial charge < -0.3 is 9.84 Å². The highest BCUT2D eigenvalue weighted by Crippen LogP contribution is 2.48. The fourth-order valence-electron chi connectivity index (χ4n) is 2.66. The van der Waals surface area contributed by atoms with Gasteiger partial charge in [0.05, 0.1) is 12.2 Å². The Morgan fingerprint density at radius 3 is 2.59 bits per heavy atom. The second kappa shape index (κ2) is 3.82. The monoisotopic (exact) mass is 232 g/mol. The van der Waals surface area contributed by atoms with Crippen LogP contribution in [0.3, 0.4) is 0 Å². The van der Waals surface area contributed by atoms with E-state index in [-0.39, 0.29) is 5.41 Å². The van der Waals surface area contributed by atoms with E-state index >= 15 is 0 Å². The van der Waals surface area contributed by atoms with Crippen LogP contribution in [0.4, 0.5) is 0 Å². The van der Waals surface area contributed by atoms with Gasteiger partial charge in [0.2, 0.25) is 0 Å². The summed E-state index contributed by atoms with van der Waals surface area (Å²) in [6.45, 7) is 0.820. The average molecular weight is 232 g/mol. The van der Waals surface area contributed by atoms with Crippen LogP contribution < -0.4 is 0 Å². The van der Waals surface area contributed by atoms with Gasteiger partial charge in [-0.3, -0.25) is 0 Å². The maximum Gasteiger partial charge on any atom is 0.0690 e. The van der Waals surface area contributed by atoms with Crippen LogP contribution >= 0.6 is 0 Å². The van der Waals surface area contributed by atoms with Crippen LogP contribution in [0.15, 0.2) is 24.3 Å². The molecule has 2 fully saturated rings. The Hall–Kier alpha value is -0.860. The molecule has 0 atom stereocenters. The molecule has 2 heteroatoms. The van der Waals surface area contributed by atoms with Crippen LogP contribution in [0.5, 0.6) is 0 Å². The van der Waals surface area contributed by atoms with E-state index in [1.165, 1.54) is 24.0 Å². The molecule has 3 rings (SSSR count). The fourth-order valence-corrected chi connectivity index (χ4v) is 2.66. The topological polar surface area (TPSA) is 29.5 Å². The molecular weight excluding hydrogens is 212 g/mol. The third-order valence-electron chi connectivity index (χ3n) is 4.17. The summed E-state index contributed by atoms with van der Waals surface area (Å²) in [6, 6.07) is 8.71. The minimum atomic E-state index is -0.392. The van der Waals surface area contributed by atoms with Gasteiger partial charge in [-0.25, -0.2) is 0 Å². The van der Waals surface area contributed by atoms with Gasteiger partial charge >= 0.3 is 0 Å². The molecule has 0 radical (unpaired) electrons. The number of ether oxygens (including phenoxy) is 1. The summed E-state index contributed by atoms with van der Waals surface area (Å²) in [7, 11) is 1.77. The van der Waals surface area contributed by atoms with Crippen LogP contribution in [-0.4, -0.2) is 24.4 Å². The van der Waals surface area contributed by atoms with E-state index in [1.54, 1.807) is 7.11 Å². The molecule has 0 aromatic heterocycles.